The number of hydrogen-bond donors (Lipinski definition) is 1. The molecule has 2 aliphatic rings. The van der Waals surface area contributed by atoms with Gasteiger partial charge in [0.2, 0.25) is 0 Å². The maximum absolute atomic E-state index is 10.8. The van der Waals surface area contributed by atoms with Gasteiger partial charge in [0.15, 0.2) is 0 Å². The summed E-state index contributed by atoms with van der Waals surface area (Å²) in [5.41, 5.74) is 4.24. The van der Waals surface area contributed by atoms with Gasteiger partial charge in [-0.05, 0) is 56.0 Å². The van der Waals surface area contributed by atoms with Crippen molar-refractivity contribution in [2.45, 2.75) is 50.4 Å². The first-order chi connectivity index (χ1) is 12.2. The third kappa shape index (κ3) is 3.08. The van der Waals surface area contributed by atoms with Crippen molar-refractivity contribution in [3.8, 4) is 0 Å². The lowest BCUT2D eigenvalue weighted by molar-refractivity contribution is -0.133. The molecule has 2 heterocycles. The third-order valence-corrected chi connectivity index (χ3v) is 6.62. The molecule has 2 aromatic rings. The number of aliphatic carboxylic acids is 1. The summed E-state index contributed by atoms with van der Waals surface area (Å²) in [4.78, 5) is 13.5. The summed E-state index contributed by atoms with van der Waals surface area (Å²) in [7, 11) is 0. The summed E-state index contributed by atoms with van der Waals surface area (Å²) >= 11 is 1.47. The lowest BCUT2D eigenvalue weighted by atomic mass is 9.75. The smallest absolute Gasteiger partial charge is 0.313 e. The number of carboxylic acids is 1. The predicted octanol–water partition coefficient (Wildman–Crippen LogP) is 3.93. The number of rotatable bonds is 6. The third-order valence-electron chi connectivity index (χ3n) is 5.71. The van der Waals surface area contributed by atoms with Gasteiger partial charge in [0, 0.05) is 29.1 Å². The Labute approximate surface area is 153 Å². The van der Waals surface area contributed by atoms with Gasteiger partial charge < -0.3 is 9.67 Å². The molecule has 0 spiro atoms. The fourth-order valence-electron chi connectivity index (χ4n) is 4.82. The minimum atomic E-state index is -0.743. The topological polar surface area (TPSA) is 45.5 Å². The fraction of sp³-hybridized carbons (Fsp3) is 0.550. The molecule has 1 aromatic carbocycles. The van der Waals surface area contributed by atoms with E-state index in [-0.39, 0.29) is 5.75 Å². The highest BCUT2D eigenvalue weighted by atomic mass is 32.2. The molecule has 2 atom stereocenters. The van der Waals surface area contributed by atoms with Gasteiger partial charge in [-0.25, -0.2) is 0 Å². The van der Waals surface area contributed by atoms with Gasteiger partial charge in [0.1, 0.15) is 0 Å². The molecule has 0 saturated carbocycles. The molecule has 0 unspecified atom stereocenters. The van der Waals surface area contributed by atoms with Crippen LogP contribution in [0.5, 0.6) is 0 Å². The predicted molar refractivity (Wildman–Crippen MR) is 103 cm³/mol. The molecule has 4 nitrogen and oxygen atoms in total. The van der Waals surface area contributed by atoms with Gasteiger partial charge >= 0.3 is 5.97 Å². The Balaban J connectivity index is 1.68. The molecular weight excluding hydrogens is 332 g/mol. The van der Waals surface area contributed by atoms with E-state index in [1.54, 1.807) is 0 Å². The van der Waals surface area contributed by atoms with E-state index in [2.05, 4.69) is 40.8 Å². The zero-order chi connectivity index (χ0) is 17.4. The Morgan fingerprint density at radius 2 is 2.28 bits per heavy atom. The molecule has 134 valence electrons. The highest BCUT2D eigenvalue weighted by molar-refractivity contribution is 7.98. The molecule has 1 N–H and O–H groups in total. The van der Waals surface area contributed by atoms with Crippen LogP contribution < -0.4 is 0 Å². The fourth-order valence-corrected chi connectivity index (χ4v) is 5.50. The Kier molecular flexibility index (Phi) is 4.78. The van der Waals surface area contributed by atoms with Crippen LogP contribution in [0, 0.1) is 0 Å². The van der Waals surface area contributed by atoms with Crippen molar-refractivity contribution in [3.05, 3.63) is 35.5 Å². The molecule has 0 amide bonds. The number of benzene rings is 1. The van der Waals surface area contributed by atoms with Crippen molar-refractivity contribution >= 4 is 28.6 Å². The van der Waals surface area contributed by atoms with Crippen LogP contribution in [0.4, 0.5) is 0 Å². The highest BCUT2D eigenvalue weighted by Gasteiger charge is 2.37. The number of likely N-dealkylation sites (tertiary alicyclic amines) is 1. The van der Waals surface area contributed by atoms with Crippen molar-refractivity contribution < 1.29 is 9.90 Å². The summed E-state index contributed by atoms with van der Waals surface area (Å²) in [5, 5.41) is 10.3. The summed E-state index contributed by atoms with van der Waals surface area (Å²) < 4.78 is 2.25. The van der Waals surface area contributed by atoms with Crippen LogP contribution in [0.1, 0.15) is 43.2 Å². The summed E-state index contributed by atoms with van der Waals surface area (Å²) in [5.74, 6) is 0.775. The number of hydrogen-bond acceptors (Lipinski definition) is 3. The quantitative estimate of drug-likeness (QED) is 0.850. The highest BCUT2D eigenvalue weighted by Crippen LogP contribution is 2.44. The summed E-state index contributed by atoms with van der Waals surface area (Å²) in [6, 6.07) is 7.33. The van der Waals surface area contributed by atoms with Crippen molar-refractivity contribution in [2.24, 2.45) is 0 Å². The van der Waals surface area contributed by atoms with Gasteiger partial charge in [-0.3, -0.25) is 9.69 Å². The molecule has 1 fully saturated rings. The Morgan fingerprint density at radius 3 is 3.08 bits per heavy atom. The van der Waals surface area contributed by atoms with E-state index in [1.807, 2.05) is 0 Å². The molecular formula is C20H26N2O2S. The van der Waals surface area contributed by atoms with Crippen LogP contribution in [0.3, 0.4) is 0 Å². The molecule has 1 aromatic heterocycles. The number of fused-ring (bicyclic) bond motifs is 2. The standard InChI is InChI=1S/C20H26N2O2S/c1-2-8-21-9-4-6-15-16-5-3-7-17-20(16)14(10-18(15)21)11-22(17)13-25-12-19(23)24/h3,5,7,11,15,18H,2,4,6,8-10,12-13H2,1H3,(H,23,24)/t15-,18-/m1/s1. The zero-order valence-electron chi connectivity index (χ0n) is 14.8. The Morgan fingerprint density at radius 1 is 1.40 bits per heavy atom. The molecule has 0 bridgehead atoms. The average molecular weight is 359 g/mol. The second kappa shape index (κ2) is 7.04. The van der Waals surface area contributed by atoms with Crippen LogP contribution >= 0.6 is 11.8 Å². The van der Waals surface area contributed by atoms with Crippen molar-refractivity contribution in [1.29, 1.82) is 0 Å². The first-order valence-corrected chi connectivity index (χ1v) is 10.5. The van der Waals surface area contributed by atoms with Gasteiger partial charge in [0.05, 0.1) is 11.6 Å². The van der Waals surface area contributed by atoms with Crippen molar-refractivity contribution in [3.63, 3.8) is 0 Å². The first-order valence-electron chi connectivity index (χ1n) is 9.33. The van der Waals surface area contributed by atoms with Crippen LogP contribution in [0.15, 0.2) is 24.4 Å². The van der Waals surface area contributed by atoms with Gasteiger partial charge in [-0.2, -0.15) is 0 Å². The second-order valence-electron chi connectivity index (χ2n) is 7.29. The molecule has 25 heavy (non-hydrogen) atoms. The van der Waals surface area contributed by atoms with Crippen molar-refractivity contribution in [2.75, 3.05) is 18.8 Å². The first kappa shape index (κ1) is 17.0. The molecule has 4 rings (SSSR count). The minimum Gasteiger partial charge on any atom is -0.481 e. The number of aromatic nitrogens is 1. The van der Waals surface area contributed by atoms with Crippen LogP contribution in [0.25, 0.3) is 10.9 Å². The Bertz CT molecular complexity index is 783. The molecule has 0 radical (unpaired) electrons. The number of carboxylic acid groups (broad SMARTS) is 1. The number of carbonyl (C=O) groups is 1. The zero-order valence-corrected chi connectivity index (χ0v) is 15.6. The van der Waals surface area contributed by atoms with Crippen molar-refractivity contribution in [1.82, 2.24) is 9.47 Å². The molecule has 1 saturated heterocycles. The van der Waals surface area contributed by atoms with Crippen LogP contribution in [0.2, 0.25) is 0 Å². The Hall–Kier alpha value is -1.46. The van der Waals surface area contributed by atoms with Gasteiger partial charge in [-0.1, -0.05) is 19.1 Å². The lowest BCUT2D eigenvalue weighted by Gasteiger charge is -2.44. The number of nitrogens with zero attached hydrogens (tertiary/aromatic N) is 2. The van der Waals surface area contributed by atoms with Crippen LogP contribution in [-0.4, -0.2) is 45.4 Å². The number of thioether (sulfide) groups is 1. The largest absolute Gasteiger partial charge is 0.481 e. The van der Waals surface area contributed by atoms with Gasteiger partial charge in [0.25, 0.3) is 0 Å². The van der Waals surface area contributed by atoms with E-state index >= 15 is 0 Å². The SMILES string of the molecule is CCCN1CCC[C@@H]2c3cccc4c3c(cn4CSCC(=O)O)C[C@H]21. The van der Waals surface area contributed by atoms with E-state index in [0.29, 0.717) is 17.8 Å². The maximum Gasteiger partial charge on any atom is 0.313 e. The average Bonchev–Trinajstić information content (AvgIpc) is 2.95. The molecule has 5 heteroatoms. The van der Waals surface area contributed by atoms with E-state index in [4.69, 9.17) is 5.11 Å². The second-order valence-corrected chi connectivity index (χ2v) is 8.25. The number of piperidine rings is 1. The minimum absolute atomic E-state index is 0.157. The summed E-state index contributed by atoms with van der Waals surface area (Å²) in [6.45, 7) is 4.70. The monoisotopic (exact) mass is 358 g/mol. The molecule has 1 aliphatic heterocycles. The maximum atomic E-state index is 10.8. The van der Waals surface area contributed by atoms with Crippen LogP contribution in [-0.2, 0) is 17.1 Å². The normalized spacial score (nSPS) is 22.9. The lowest BCUT2D eigenvalue weighted by Crippen LogP contribution is -2.46. The van der Waals surface area contributed by atoms with E-state index < -0.39 is 5.97 Å². The summed E-state index contributed by atoms with van der Waals surface area (Å²) in [6.07, 6.45) is 7.21. The van der Waals surface area contributed by atoms with Gasteiger partial charge in [-0.15, -0.1) is 11.8 Å². The van der Waals surface area contributed by atoms with E-state index in [1.165, 1.54) is 66.1 Å². The van der Waals surface area contributed by atoms with E-state index in [0.717, 1.165) is 6.42 Å². The van der Waals surface area contributed by atoms with E-state index in [9.17, 15) is 4.79 Å². The molecule has 1 aliphatic carbocycles.